The lowest BCUT2D eigenvalue weighted by Gasteiger charge is -2.45. The van der Waals surface area contributed by atoms with Gasteiger partial charge in [0.1, 0.15) is 16.6 Å². The summed E-state index contributed by atoms with van der Waals surface area (Å²) in [6, 6.07) is 0. The maximum Gasteiger partial charge on any atom is 0.316 e. The Kier molecular flexibility index (Phi) is 3.20. The number of hydrogen-bond donors (Lipinski definition) is 0. The van der Waals surface area contributed by atoms with Gasteiger partial charge in [-0.15, -0.1) is 0 Å². The van der Waals surface area contributed by atoms with Crippen LogP contribution in [0.5, 0.6) is 0 Å². The van der Waals surface area contributed by atoms with E-state index in [0.29, 0.717) is 6.61 Å². The SMILES string of the molecule is COC(=O)[C@H]1[C@H]2[C@@]3(C=C[C@H](OC)[C@@]2(C)C(=O)O3)[C@@H]2CC[C@]3(OC)C[C@@]21C[C@]31CO1. The predicted molar refractivity (Wildman–Crippen MR) is 98.7 cm³/mol. The van der Waals surface area contributed by atoms with Crippen LogP contribution >= 0.6 is 0 Å². The van der Waals surface area contributed by atoms with E-state index in [9.17, 15) is 9.59 Å². The lowest BCUT2D eigenvalue weighted by Crippen LogP contribution is -2.51. The highest BCUT2D eigenvalue weighted by atomic mass is 16.6. The molecule has 6 aliphatic rings. The van der Waals surface area contributed by atoms with Gasteiger partial charge >= 0.3 is 11.9 Å². The van der Waals surface area contributed by atoms with Crippen LogP contribution < -0.4 is 0 Å². The van der Waals surface area contributed by atoms with Gasteiger partial charge in [-0.05, 0) is 44.1 Å². The molecule has 4 bridgehead atoms. The molecule has 5 fully saturated rings. The fraction of sp³-hybridized carbons (Fsp3) is 0.818. The van der Waals surface area contributed by atoms with Crippen molar-refractivity contribution in [2.75, 3.05) is 27.9 Å². The number of carbonyl (C=O) groups is 2. The molecule has 158 valence electrons. The highest BCUT2D eigenvalue weighted by Gasteiger charge is 2.87. The lowest BCUT2D eigenvalue weighted by molar-refractivity contribution is -0.166. The van der Waals surface area contributed by atoms with Crippen LogP contribution in [0, 0.1) is 28.6 Å². The van der Waals surface area contributed by atoms with E-state index in [1.807, 2.05) is 19.1 Å². The highest BCUT2D eigenvalue weighted by Crippen LogP contribution is 2.80. The van der Waals surface area contributed by atoms with Crippen LogP contribution in [0.2, 0.25) is 0 Å². The Morgan fingerprint density at radius 2 is 2.00 bits per heavy atom. The van der Waals surface area contributed by atoms with Gasteiger partial charge in [0.2, 0.25) is 0 Å². The largest absolute Gasteiger partial charge is 0.469 e. The zero-order valence-corrected chi connectivity index (χ0v) is 17.4. The molecule has 7 heteroatoms. The zero-order chi connectivity index (χ0) is 20.4. The van der Waals surface area contributed by atoms with E-state index in [0.717, 1.165) is 25.7 Å². The molecule has 2 aliphatic heterocycles. The first-order valence-electron chi connectivity index (χ1n) is 10.5. The van der Waals surface area contributed by atoms with Crippen molar-refractivity contribution in [3.05, 3.63) is 12.2 Å². The first-order chi connectivity index (χ1) is 13.8. The molecule has 0 N–H and O–H groups in total. The summed E-state index contributed by atoms with van der Waals surface area (Å²) in [7, 11) is 4.79. The second-order valence-electron chi connectivity index (χ2n) is 10.2. The minimum absolute atomic E-state index is 0.0378. The topological polar surface area (TPSA) is 83.6 Å². The van der Waals surface area contributed by atoms with Gasteiger partial charge in [-0.2, -0.15) is 0 Å². The Morgan fingerprint density at radius 1 is 1.24 bits per heavy atom. The van der Waals surface area contributed by atoms with E-state index in [-0.39, 0.29) is 40.4 Å². The molecule has 6 rings (SSSR count). The molecule has 3 saturated carbocycles. The van der Waals surface area contributed by atoms with E-state index in [2.05, 4.69) is 0 Å². The molecule has 0 radical (unpaired) electrons. The maximum atomic E-state index is 13.4. The van der Waals surface area contributed by atoms with Gasteiger partial charge in [-0.1, -0.05) is 6.08 Å². The lowest BCUT2D eigenvalue weighted by atomic mass is 9.61. The minimum atomic E-state index is -0.926. The van der Waals surface area contributed by atoms with Gasteiger partial charge in [-0.3, -0.25) is 9.59 Å². The third kappa shape index (κ3) is 1.65. The molecule has 0 aromatic heterocycles. The fourth-order valence-electron chi connectivity index (χ4n) is 8.56. The summed E-state index contributed by atoms with van der Waals surface area (Å²) in [5.41, 5.74) is -2.81. The number of carbonyl (C=O) groups excluding carboxylic acids is 2. The summed E-state index contributed by atoms with van der Waals surface area (Å²) in [5, 5.41) is 0. The van der Waals surface area contributed by atoms with Gasteiger partial charge in [0.05, 0.1) is 31.3 Å². The van der Waals surface area contributed by atoms with E-state index in [1.54, 1.807) is 14.2 Å². The van der Waals surface area contributed by atoms with E-state index < -0.39 is 23.0 Å². The highest BCUT2D eigenvalue weighted by molar-refractivity contribution is 5.87. The van der Waals surface area contributed by atoms with Gasteiger partial charge in [0.15, 0.2) is 0 Å². The van der Waals surface area contributed by atoms with Crippen molar-refractivity contribution in [3.8, 4) is 0 Å². The molecule has 2 spiro atoms. The summed E-state index contributed by atoms with van der Waals surface area (Å²) >= 11 is 0. The Hall–Kier alpha value is -1.44. The van der Waals surface area contributed by atoms with Crippen LogP contribution in [0.1, 0.15) is 32.6 Å². The number of hydrogen-bond acceptors (Lipinski definition) is 7. The van der Waals surface area contributed by atoms with Crippen molar-refractivity contribution < 1.29 is 33.3 Å². The number of fused-ring (bicyclic) bond motifs is 2. The Balaban J connectivity index is 1.59. The molecule has 0 unspecified atom stereocenters. The molecule has 2 heterocycles. The van der Waals surface area contributed by atoms with Crippen LogP contribution in [0.4, 0.5) is 0 Å². The Bertz CT molecular complexity index is 848. The van der Waals surface area contributed by atoms with Crippen molar-refractivity contribution >= 4 is 11.9 Å². The molecule has 7 nitrogen and oxygen atoms in total. The van der Waals surface area contributed by atoms with E-state index in [1.165, 1.54) is 7.11 Å². The Labute approximate surface area is 170 Å². The third-order valence-corrected chi connectivity index (χ3v) is 9.64. The van der Waals surface area contributed by atoms with E-state index >= 15 is 0 Å². The molecule has 0 aromatic carbocycles. The van der Waals surface area contributed by atoms with Crippen LogP contribution in [-0.4, -0.2) is 62.8 Å². The standard InChI is InChI=1S/C22H28O7/c1-18-13(25-2)6-8-22(29-17(18)24)12-5-7-20(27-4)9-19(12,10-21(20)11-28-21)14(15(18)22)16(23)26-3/h6,8,12-15H,5,7,9-11H2,1-4H3/t12-,13+,14-,15-,18-,19-,20+,21+,22-/m1/s1. The first-order valence-corrected chi connectivity index (χ1v) is 10.5. The second kappa shape index (κ2) is 5.06. The summed E-state index contributed by atoms with van der Waals surface area (Å²) in [5.74, 6) is -1.29. The van der Waals surface area contributed by atoms with Crippen molar-refractivity contribution in [2.24, 2.45) is 28.6 Å². The summed E-state index contributed by atoms with van der Waals surface area (Å²) in [6.07, 6.45) is 6.70. The molecular formula is C22H28O7. The first kappa shape index (κ1) is 18.3. The summed E-state index contributed by atoms with van der Waals surface area (Å²) in [6.45, 7) is 2.56. The number of epoxide rings is 1. The second-order valence-corrected chi connectivity index (χ2v) is 10.2. The molecule has 0 amide bonds. The summed E-state index contributed by atoms with van der Waals surface area (Å²) < 4.78 is 29.4. The average Bonchev–Trinajstić information content (AvgIpc) is 3.37. The zero-order valence-electron chi connectivity index (χ0n) is 17.4. The third-order valence-electron chi connectivity index (χ3n) is 9.64. The van der Waals surface area contributed by atoms with Gasteiger partial charge < -0.3 is 23.7 Å². The Morgan fingerprint density at radius 3 is 2.62 bits per heavy atom. The number of esters is 2. The predicted octanol–water partition coefficient (Wildman–Crippen LogP) is 1.64. The van der Waals surface area contributed by atoms with Crippen LogP contribution in [0.25, 0.3) is 0 Å². The fourth-order valence-corrected chi connectivity index (χ4v) is 8.56. The van der Waals surface area contributed by atoms with E-state index in [4.69, 9.17) is 23.7 Å². The minimum Gasteiger partial charge on any atom is -0.469 e. The summed E-state index contributed by atoms with van der Waals surface area (Å²) in [4.78, 5) is 26.6. The number of methoxy groups -OCH3 is 3. The molecular weight excluding hydrogens is 376 g/mol. The van der Waals surface area contributed by atoms with Crippen LogP contribution in [0.15, 0.2) is 12.2 Å². The number of rotatable bonds is 3. The van der Waals surface area contributed by atoms with Crippen LogP contribution in [-0.2, 0) is 33.3 Å². The normalized spacial score (nSPS) is 58.1. The number of ether oxygens (including phenoxy) is 5. The molecule has 0 aromatic rings. The molecule has 29 heavy (non-hydrogen) atoms. The molecule has 9 atom stereocenters. The van der Waals surface area contributed by atoms with Crippen molar-refractivity contribution in [1.82, 2.24) is 0 Å². The van der Waals surface area contributed by atoms with Crippen molar-refractivity contribution in [2.45, 2.75) is 55.5 Å². The smallest absolute Gasteiger partial charge is 0.316 e. The van der Waals surface area contributed by atoms with Gasteiger partial charge in [-0.25, -0.2) is 0 Å². The quantitative estimate of drug-likeness (QED) is 0.402. The van der Waals surface area contributed by atoms with Gasteiger partial charge in [0, 0.05) is 26.1 Å². The molecule has 2 saturated heterocycles. The maximum absolute atomic E-state index is 13.4. The van der Waals surface area contributed by atoms with Crippen LogP contribution in [0.3, 0.4) is 0 Å². The van der Waals surface area contributed by atoms with Crippen molar-refractivity contribution in [1.29, 1.82) is 0 Å². The average molecular weight is 404 g/mol. The monoisotopic (exact) mass is 404 g/mol. The van der Waals surface area contributed by atoms with Gasteiger partial charge in [0.25, 0.3) is 0 Å². The van der Waals surface area contributed by atoms with Crippen molar-refractivity contribution in [3.63, 3.8) is 0 Å². The molecule has 4 aliphatic carbocycles.